The fraction of sp³-hybridized carbons (Fsp3) is 0.519. The minimum absolute atomic E-state index is 0.121. The molecule has 0 saturated carbocycles. The van der Waals surface area contributed by atoms with Crippen LogP contribution in [0.1, 0.15) is 32.1 Å². The highest BCUT2D eigenvalue weighted by Crippen LogP contribution is 2.60. The smallest absolute Gasteiger partial charge is 0.250 e. The van der Waals surface area contributed by atoms with Crippen molar-refractivity contribution in [3.63, 3.8) is 0 Å². The van der Waals surface area contributed by atoms with Gasteiger partial charge in [0, 0.05) is 30.7 Å². The third-order valence-electron chi connectivity index (χ3n) is 7.91. The van der Waals surface area contributed by atoms with E-state index in [2.05, 4.69) is 26.6 Å². The maximum absolute atomic E-state index is 13.9. The zero-order valence-electron chi connectivity index (χ0n) is 20.3. The summed E-state index contributed by atoms with van der Waals surface area (Å²) in [5.74, 6) is -2.05. The first-order chi connectivity index (χ1) is 17.4. The Morgan fingerprint density at radius 1 is 1.11 bits per heavy atom. The van der Waals surface area contributed by atoms with E-state index in [1.54, 1.807) is 11.9 Å². The van der Waals surface area contributed by atoms with Gasteiger partial charge in [-0.05, 0) is 42.2 Å². The Kier molecular flexibility index (Phi) is 7.07. The second-order valence-electron chi connectivity index (χ2n) is 10.00. The van der Waals surface area contributed by atoms with Crippen molar-refractivity contribution in [3.8, 4) is 0 Å². The maximum Gasteiger partial charge on any atom is 0.250 e. The predicted molar refractivity (Wildman–Crippen MR) is 140 cm³/mol. The number of carbonyl (C=O) groups excluding carboxylic acids is 3. The van der Waals surface area contributed by atoms with Crippen molar-refractivity contribution in [2.24, 2.45) is 11.8 Å². The summed E-state index contributed by atoms with van der Waals surface area (Å²) in [5.41, 5.74) is -0.404. The lowest BCUT2D eigenvalue weighted by Crippen LogP contribution is -2.54. The Balaban J connectivity index is 1.45. The number of aliphatic hydroxyl groups is 1. The molecule has 1 spiro atoms. The molecule has 0 aromatic heterocycles. The molecule has 9 heteroatoms. The number of likely N-dealkylation sites (tertiary alicyclic amines) is 1. The van der Waals surface area contributed by atoms with Gasteiger partial charge in [-0.15, -0.1) is 0 Å². The number of alkyl halides is 1. The molecule has 2 aromatic carbocycles. The molecule has 3 N–H and O–H groups in total. The predicted octanol–water partition coefficient (Wildman–Crippen LogP) is 2.83. The van der Waals surface area contributed by atoms with Gasteiger partial charge in [-0.25, -0.2) is 0 Å². The lowest BCUT2D eigenvalue weighted by Gasteiger charge is -2.34. The van der Waals surface area contributed by atoms with Gasteiger partial charge in [0.15, 0.2) is 0 Å². The van der Waals surface area contributed by atoms with Crippen LogP contribution in [-0.4, -0.2) is 70.5 Å². The Labute approximate surface area is 218 Å². The van der Waals surface area contributed by atoms with E-state index in [4.69, 9.17) is 9.84 Å². The van der Waals surface area contributed by atoms with Crippen LogP contribution in [0.4, 0.5) is 5.69 Å². The number of ether oxygens (including phenoxy) is 1. The summed E-state index contributed by atoms with van der Waals surface area (Å²) >= 11 is 3.67. The number of hydrogen-bond acceptors (Lipinski definition) is 5. The molecule has 3 saturated heterocycles. The van der Waals surface area contributed by atoms with Crippen LogP contribution in [-0.2, 0) is 19.1 Å². The van der Waals surface area contributed by atoms with E-state index in [1.165, 1.54) is 0 Å². The third-order valence-corrected chi connectivity index (χ3v) is 8.76. The highest BCUT2D eigenvalue weighted by molar-refractivity contribution is 9.09. The normalized spacial score (nSPS) is 30.6. The van der Waals surface area contributed by atoms with Crippen molar-refractivity contribution in [2.45, 2.75) is 54.7 Å². The second-order valence-corrected chi connectivity index (χ2v) is 11.2. The van der Waals surface area contributed by atoms with E-state index >= 15 is 0 Å². The Morgan fingerprint density at radius 2 is 1.86 bits per heavy atom. The largest absolute Gasteiger partial charge is 0.396 e. The number of aliphatic hydroxyl groups excluding tert-OH is 1. The van der Waals surface area contributed by atoms with Crippen molar-refractivity contribution in [1.29, 1.82) is 0 Å². The molecule has 0 aliphatic carbocycles. The van der Waals surface area contributed by atoms with Gasteiger partial charge in [-0.3, -0.25) is 14.4 Å². The number of benzene rings is 2. The molecule has 2 aromatic rings. The molecule has 3 fully saturated rings. The van der Waals surface area contributed by atoms with Gasteiger partial charge in [0.2, 0.25) is 17.7 Å². The molecule has 3 amide bonds. The molecule has 192 valence electrons. The minimum atomic E-state index is -1.06. The van der Waals surface area contributed by atoms with Gasteiger partial charge in [0.25, 0.3) is 0 Å². The van der Waals surface area contributed by atoms with E-state index in [1.807, 2.05) is 42.5 Å². The van der Waals surface area contributed by atoms with Gasteiger partial charge in [0.05, 0.1) is 17.9 Å². The van der Waals surface area contributed by atoms with Crippen LogP contribution in [0.2, 0.25) is 0 Å². The Bertz CT molecular complexity index is 1180. The molecule has 0 radical (unpaired) electrons. The molecule has 6 atom stereocenters. The summed E-state index contributed by atoms with van der Waals surface area (Å²) in [4.78, 5) is 42.1. The van der Waals surface area contributed by atoms with Gasteiger partial charge in [-0.2, -0.15) is 0 Å². The van der Waals surface area contributed by atoms with Crippen LogP contribution in [0.25, 0.3) is 10.8 Å². The average molecular weight is 558 g/mol. The van der Waals surface area contributed by atoms with E-state index < -0.39 is 29.6 Å². The number of rotatable bonds is 9. The number of nitrogens with one attached hydrogen (secondary N) is 2. The lowest BCUT2D eigenvalue weighted by atomic mass is 9.70. The topological polar surface area (TPSA) is 108 Å². The van der Waals surface area contributed by atoms with Crippen molar-refractivity contribution in [1.82, 2.24) is 10.2 Å². The summed E-state index contributed by atoms with van der Waals surface area (Å²) in [6.07, 6.45) is 3.13. The SMILES string of the molecule is CNC(=O)[C@H]1[C@H]2C(=O)N(CCCCCCO)C(C(=O)Nc3ccc4ccccc4c3)C23CC(Br)[C@@H]1O3. The summed E-state index contributed by atoms with van der Waals surface area (Å²) in [7, 11) is 1.56. The van der Waals surface area contributed by atoms with Gasteiger partial charge >= 0.3 is 0 Å². The first-order valence-electron chi connectivity index (χ1n) is 12.7. The molecular weight excluding hydrogens is 526 g/mol. The molecule has 2 bridgehead atoms. The Hall–Kier alpha value is -2.49. The van der Waals surface area contributed by atoms with Crippen LogP contribution in [0, 0.1) is 11.8 Å². The quantitative estimate of drug-likeness (QED) is 0.324. The molecule has 3 aliphatic heterocycles. The van der Waals surface area contributed by atoms with Crippen molar-refractivity contribution in [2.75, 3.05) is 25.5 Å². The van der Waals surface area contributed by atoms with Gasteiger partial charge in [-0.1, -0.05) is 59.1 Å². The molecule has 5 rings (SSSR count). The minimum Gasteiger partial charge on any atom is -0.396 e. The van der Waals surface area contributed by atoms with Crippen molar-refractivity contribution < 1.29 is 24.2 Å². The molecule has 36 heavy (non-hydrogen) atoms. The number of halogens is 1. The van der Waals surface area contributed by atoms with E-state index in [0.29, 0.717) is 31.5 Å². The summed E-state index contributed by atoms with van der Waals surface area (Å²) in [5, 5.41) is 16.9. The number of hydrogen-bond donors (Lipinski definition) is 3. The monoisotopic (exact) mass is 557 g/mol. The fourth-order valence-electron chi connectivity index (χ4n) is 6.36. The van der Waals surface area contributed by atoms with E-state index in [9.17, 15) is 14.4 Å². The Morgan fingerprint density at radius 3 is 2.61 bits per heavy atom. The summed E-state index contributed by atoms with van der Waals surface area (Å²) < 4.78 is 6.45. The highest BCUT2D eigenvalue weighted by Gasteiger charge is 2.76. The number of carbonyl (C=O) groups is 3. The first-order valence-corrected chi connectivity index (χ1v) is 13.6. The van der Waals surface area contributed by atoms with Crippen LogP contribution in [0.3, 0.4) is 0 Å². The third kappa shape index (κ3) is 4.11. The zero-order chi connectivity index (χ0) is 25.4. The van der Waals surface area contributed by atoms with E-state index in [0.717, 1.165) is 23.6 Å². The number of fused-ring (bicyclic) bond motifs is 2. The van der Waals surface area contributed by atoms with Crippen molar-refractivity contribution in [3.05, 3.63) is 42.5 Å². The maximum atomic E-state index is 13.9. The summed E-state index contributed by atoms with van der Waals surface area (Å²) in [6.45, 7) is 0.542. The van der Waals surface area contributed by atoms with Crippen molar-refractivity contribution >= 4 is 50.1 Å². The molecule has 8 nitrogen and oxygen atoms in total. The van der Waals surface area contributed by atoms with Gasteiger partial charge in [0.1, 0.15) is 11.6 Å². The number of amides is 3. The van der Waals surface area contributed by atoms with Crippen LogP contribution >= 0.6 is 15.9 Å². The van der Waals surface area contributed by atoms with Crippen LogP contribution in [0.15, 0.2) is 42.5 Å². The van der Waals surface area contributed by atoms with Crippen LogP contribution in [0.5, 0.6) is 0 Å². The average Bonchev–Trinajstić information content (AvgIpc) is 3.46. The molecule has 3 aliphatic rings. The fourth-order valence-corrected chi connectivity index (χ4v) is 7.30. The zero-order valence-corrected chi connectivity index (χ0v) is 21.9. The second kappa shape index (κ2) is 10.1. The van der Waals surface area contributed by atoms with Crippen LogP contribution < -0.4 is 10.6 Å². The molecular formula is C27H32BrN3O5. The van der Waals surface area contributed by atoms with E-state index in [-0.39, 0.29) is 29.2 Å². The first kappa shape index (κ1) is 25.2. The number of nitrogens with zero attached hydrogens (tertiary/aromatic N) is 1. The standard InChI is InChI=1S/C27H32BrN3O5/c1-29-24(33)20-21-26(35)31(12-6-2-3-7-13-32)23(27(21)15-19(28)22(20)36-27)25(34)30-18-11-10-16-8-4-5-9-17(16)14-18/h4-5,8-11,14,19-23,32H,2-3,6-7,12-13,15H2,1H3,(H,29,33)(H,30,34)/t19?,20-,21-,22-,23?,27?/m0/s1. The van der Waals surface area contributed by atoms with Gasteiger partial charge < -0.3 is 25.4 Å². The number of anilines is 1. The summed E-state index contributed by atoms with van der Waals surface area (Å²) in [6, 6.07) is 12.8. The number of unbranched alkanes of at least 4 members (excludes halogenated alkanes) is 3. The molecule has 3 heterocycles. The lowest BCUT2D eigenvalue weighted by molar-refractivity contribution is -0.140. The molecule has 3 unspecified atom stereocenters. The highest BCUT2D eigenvalue weighted by atomic mass is 79.9.